The molecule has 6 N–H and O–H groups in total. The summed E-state index contributed by atoms with van der Waals surface area (Å²) in [6, 6.07) is 4.61. The van der Waals surface area contributed by atoms with E-state index in [1.165, 1.54) is 6.07 Å². The van der Waals surface area contributed by atoms with Crippen LogP contribution in [0.5, 0.6) is 11.5 Å². The third kappa shape index (κ3) is 7.73. The third-order valence-corrected chi connectivity index (χ3v) is 3.80. The third-order valence-electron chi connectivity index (χ3n) is 3.80. The molecule has 0 saturated heterocycles. The maximum absolute atomic E-state index is 12.4. The molecule has 1 aromatic rings. The van der Waals surface area contributed by atoms with Gasteiger partial charge in [-0.15, -0.1) is 0 Å². The van der Waals surface area contributed by atoms with Gasteiger partial charge in [0, 0.05) is 32.5 Å². The van der Waals surface area contributed by atoms with Crippen molar-refractivity contribution in [1.82, 2.24) is 10.2 Å². The summed E-state index contributed by atoms with van der Waals surface area (Å²) in [6.45, 7) is 0.790. The topological polar surface area (TPSA) is 153 Å². The van der Waals surface area contributed by atoms with Gasteiger partial charge in [-0.3, -0.25) is 9.59 Å². The van der Waals surface area contributed by atoms with Crippen molar-refractivity contribution in [1.29, 1.82) is 0 Å². The van der Waals surface area contributed by atoms with Crippen molar-refractivity contribution in [2.75, 3.05) is 19.6 Å². The molecule has 0 aromatic heterocycles. The lowest BCUT2D eigenvalue weighted by Gasteiger charge is -2.23. The molecule has 0 spiro atoms. The van der Waals surface area contributed by atoms with Gasteiger partial charge in [0.25, 0.3) is 0 Å². The molecule has 0 bridgehead atoms. The van der Waals surface area contributed by atoms with Crippen LogP contribution >= 0.6 is 0 Å². The number of carbonyl (C=O) groups is 3. The molecule has 1 aromatic carbocycles. The predicted octanol–water partition coefficient (Wildman–Crippen LogP) is 0.782. The zero-order valence-corrected chi connectivity index (χ0v) is 14.5. The molecular weight excluding hydrogens is 342 g/mol. The second-order valence-electron chi connectivity index (χ2n) is 5.82. The normalized spacial score (nSPS) is 10.3. The molecule has 0 fully saturated rings. The van der Waals surface area contributed by atoms with E-state index in [1.54, 1.807) is 17.0 Å². The molecule has 144 valence electrons. The van der Waals surface area contributed by atoms with Gasteiger partial charge in [0.1, 0.15) is 0 Å². The minimum absolute atomic E-state index is 0.154. The molecule has 0 unspecified atom stereocenters. The molecule has 0 radical (unpaired) electrons. The highest BCUT2D eigenvalue weighted by Crippen LogP contribution is 2.28. The van der Waals surface area contributed by atoms with Gasteiger partial charge in [-0.05, 0) is 30.9 Å². The van der Waals surface area contributed by atoms with E-state index in [1.807, 2.05) is 0 Å². The number of nitrogens with one attached hydrogen (secondary N) is 1. The van der Waals surface area contributed by atoms with E-state index < -0.39 is 12.0 Å². The predicted molar refractivity (Wildman–Crippen MR) is 93.7 cm³/mol. The Morgan fingerprint density at radius 1 is 1.08 bits per heavy atom. The molecule has 0 aliphatic heterocycles. The zero-order valence-electron chi connectivity index (χ0n) is 14.5. The Bertz CT molecular complexity index is 635. The number of hydrogen-bond acceptors (Lipinski definition) is 5. The molecule has 0 saturated carbocycles. The largest absolute Gasteiger partial charge is 0.504 e. The molecule has 26 heavy (non-hydrogen) atoms. The zero-order chi connectivity index (χ0) is 19.5. The summed E-state index contributed by atoms with van der Waals surface area (Å²) in [5, 5.41) is 30.1. The van der Waals surface area contributed by atoms with Crippen molar-refractivity contribution < 1.29 is 29.7 Å². The molecule has 9 heteroatoms. The molecule has 0 aliphatic rings. The summed E-state index contributed by atoms with van der Waals surface area (Å²) < 4.78 is 0. The molecule has 0 heterocycles. The second kappa shape index (κ2) is 10.8. The highest BCUT2D eigenvalue weighted by Gasteiger charge is 2.15. The van der Waals surface area contributed by atoms with E-state index in [0.29, 0.717) is 37.9 Å². The van der Waals surface area contributed by atoms with Gasteiger partial charge < -0.3 is 31.3 Å². The summed E-state index contributed by atoms with van der Waals surface area (Å²) >= 11 is 0. The Kier molecular flexibility index (Phi) is 8.76. The fourth-order valence-electron chi connectivity index (χ4n) is 2.43. The first-order valence-electron chi connectivity index (χ1n) is 8.34. The Morgan fingerprint density at radius 3 is 2.46 bits per heavy atom. The van der Waals surface area contributed by atoms with Crippen molar-refractivity contribution in [3.8, 4) is 11.5 Å². The monoisotopic (exact) mass is 367 g/mol. The van der Waals surface area contributed by atoms with Gasteiger partial charge in [-0.25, -0.2) is 4.79 Å². The Labute approximate surface area is 151 Å². The number of phenolic OH excluding ortho intramolecular Hbond substituents is 2. The summed E-state index contributed by atoms with van der Waals surface area (Å²) in [7, 11) is 0. The van der Waals surface area contributed by atoms with Gasteiger partial charge in [0.05, 0.1) is 0 Å². The van der Waals surface area contributed by atoms with Crippen molar-refractivity contribution in [3.63, 3.8) is 0 Å². The first-order chi connectivity index (χ1) is 12.3. The van der Waals surface area contributed by atoms with Crippen molar-refractivity contribution in [3.05, 3.63) is 23.8 Å². The second-order valence-corrected chi connectivity index (χ2v) is 5.82. The molecule has 3 amide bonds. The Balaban J connectivity index is 2.61. The van der Waals surface area contributed by atoms with Crippen LogP contribution in [0.3, 0.4) is 0 Å². The number of rotatable bonds is 11. The summed E-state index contributed by atoms with van der Waals surface area (Å²) in [5.41, 5.74) is 5.62. The van der Waals surface area contributed by atoms with Gasteiger partial charge in [0.2, 0.25) is 11.8 Å². The van der Waals surface area contributed by atoms with E-state index in [9.17, 15) is 24.6 Å². The number of para-hydroxylation sites is 1. The number of carboxylic acid groups (broad SMARTS) is 1. The van der Waals surface area contributed by atoms with E-state index in [2.05, 4.69) is 5.32 Å². The first kappa shape index (κ1) is 21.1. The molecule has 1 rings (SSSR count). The number of nitrogens with zero attached hydrogens (tertiary/aromatic N) is 1. The number of hydrogen-bond donors (Lipinski definition) is 5. The van der Waals surface area contributed by atoms with Crippen LogP contribution in [0.1, 0.15) is 31.2 Å². The van der Waals surface area contributed by atoms with Crippen LogP contribution < -0.4 is 11.1 Å². The lowest BCUT2D eigenvalue weighted by atomic mass is 10.1. The number of primary amides is 1. The molecule has 0 atom stereocenters. The van der Waals surface area contributed by atoms with Crippen LogP contribution in [0.25, 0.3) is 0 Å². The standard InChI is InChI=1S/C17H25N3O6/c18-14(22)6-3-10-20(15(23)7-2-9-19-17(25)26)11-8-12-4-1-5-13(21)16(12)24/h1,4-5,19,21,24H,2-3,6-11H2,(H2,18,22)(H,25,26). The lowest BCUT2D eigenvalue weighted by Crippen LogP contribution is -2.35. The smallest absolute Gasteiger partial charge is 0.404 e. The van der Waals surface area contributed by atoms with Gasteiger partial charge >= 0.3 is 6.09 Å². The minimum atomic E-state index is -1.14. The van der Waals surface area contributed by atoms with Crippen LogP contribution in [-0.2, 0) is 16.0 Å². The molecular formula is C17H25N3O6. The van der Waals surface area contributed by atoms with Gasteiger partial charge in [-0.1, -0.05) is 12.1 Å². The van der Waals surface area contributed by atoms with Crippen LogP contribution in [-0.4, -0.2) is 57.8 Å². The average molecular weight is 367 g/mol. The number of phenols is 2. The number of amides is 3. The lowest BCUT2D eigenvalue weighted by molar-refractivity contribution is -0.131. The van der Waals surface area contributed by atoms with Crippen molar-refractivity contribution >= 4 is 17.9 Å². The van der Waals surface area contributed by atoms with Crippen LogP contribution in [0.15, 0.2) is 18.2 Å². The fraction of sp³-hybridized carbons (Fsp3) is 0.471. The maximum Gasteiger partial charge on any atom is 0.404 e. The van der Waals surface area contributed by atoms with E-state index in [4.69, 9.17) is 10.8 Å². The minimum Gasteiger partial charge on any atom is -0.504 e. The van der Waals surface area contributed by atoms with Crippen LogP contribution in [0.4, 0.5) is 4.79 Å². The average Bonchev–Trinajstić information content (AvgIpc) is 2.57. The molecule has 0 aliphatic carbocycles. The van der Waals surface area contributed by atoms with Crippen LogP contribution in [0.2, 0.25) is 0 Å². The van der Waals surface area contributed by atoms with Crippen molar-refractivity contribution in [2.24, 2.45) is 5.73 Å². The molecule has 9 nitrogen and oxygen atoms in total. The number of benzene rings is 1. The van der Waals surface area contributed by atoms with Gasteiger partial charge in [0.15, 0.2) is 11.5 Å². The Morgan fingerprint density at radius 2 is 1.81 bits per heavy atom. The first-order valence-corrected chi connectivity index (χ1v) is 8.34. The van der Waals surface area contributed by atoms with E-state index in [0.717, 1.165) is 0 Å². The quantitative estimate of drug-likeness (QED) is 0.288. The summed E-state index contributed by atoms with van der Waals surface area (Å²) in [5.74, 6) is -1.08. The van der Waals surface area contributed by atoms with Crippen LogP contribution in [0, 0.1) is 0 Å². The highest BCUT2D eigenvalue weighted by atomic mass is 16.4. The van der Waals surface area contributed by atoms with Crippen molar-refractivity contribution in [2.45, 2.75) is 32.1 Å². The summed E-state index contributed by atoms with van der Waals surface area (Å²) in [4.78, 5) is 35.2. The summed E-state index contributed by atoms with van der Waals surface area (Å²) in [6.07, 6.45) is 0.269. The highest BCUT2D eigenvalue weighted by molar-refractivity contribution is 5.76. The Hall–Kier alpha value is -2.97. The SMILES string of the molecule is NC(=O)CCCN(CCc1cccc(O)c1O)C(=O)CCCNC(=O)O. The van der Waals surface area contributed by atoms with E-state index >= 15 is 0 Å². The van der Waals surface area contributed by atoms with Gasteiger partial charge in [-0.2, -0.15) is 0 Å². The number of carbonyl (C=O) groups excluding carboxylic acids is 2. The van der Waals surface area contributed by atoms with E-state index in [-0.39, 0.29) is 36.8 Å². The number of aromatic hydroxyl groups is 2. The fourth-order valence-corrected chi connectivity index (χ4v) is 2.43. The maximum atomic E-state index is 12.4. The number of nitrogens with two attached hydrogens (primary N) is 1.